The molecule has 2 saturated heterocycles. The predicted octanol–water partition coefficient (Wildman–Crippen LogP) is 2.54. The molecule has 23 heavy (non-hydrogen) atoms. The fraction of sp³-hybridized carbons (Fsp3) is 0.947. The normalized spacial score (nSPS) is 30.6. The highest BCUT2D eigenvalue weighted by molar-refractivity contribution is 5.48. The molecule has 0 atom stereocenters. The molecule has 0 aromatic heterocycles. The van der Waals surface area contributed by atoms with Gasteiger partial charge in [0, 0.05) is 45.3 Å². The molecule has 3 aliphatic rings. The smallest absolute Gasteiger partial charge is 0.209 e. The van der Waals surface area contributed by atoms with Crippen molar-refractivity contribution in [2.45, 2.75) is 52.5 Å². The van der Waals surface area contributed by atoms with Crippen LogP contribution in [0.3, 0.4) is 0 Å². The topological polar surface area (TPSA) is 26.8 Å². The molecule has 3 fully saturated rings. The minimum absolute atomic E-state index is 0.737. The Morgan fingerprint density at radius 2 is 1.52 bits per heavy atom. The molecule has 0 aromatic carbocycles. The average molecular weight is 324 g/mol. The summed E-state index contributed by atoms with van der Waals surface area (Å²) in [6.45, 7) is 13.9. The number of piperazine rings is 1. The van der Waals surface area contributed by atoms with E-state index in [0.717, 1.165) is 43.3 Å². The zero-order valence-electron chi connectivity index (χ0n) is 15.7. The van der Waals surface area contributed by atoms with E-state index in [1.54, 1.807) is 0 Å². The van der Waals surface area contributed by atoms with Crippen LogP contribution in [-0.4, -0.2) is 73.5 Å². The summed E-state index contributed by atoms with van der Waals surface area (Å²) in [4.78, 5) is 17.1. The van der Waals surface area contributed by atoms with Gasteiger partial charge in [-0.2, -0.15) is 0 Å². The zero-order chi connectivity index (χ0) is 16.8. The first-order valence-electron chi connectivity index (χ1n) is 9.61. The van der Waals surface area contributed by atoms with Crippen LogP contribution in [-0.2, 0) is 4.79 Å². The third-order valence-electron chi connectivity index (χ3n) is 6.07. The second kappa shape index (κ2) is 9.03. The number of hydrogen-bond donors (Lipinski definition) is 0. The van der Waals surface area contributed by atoms with Gasteiger partial charge in [-0.05, 0) is 50.5 Å². The first-order valence-corrected chi connectivity index (χ1v) is 9.61. The van der Waals surface area contributed by atoms with Crippen molar-refractivity contribution in [1.82, 2.24) is 14.7 Å². The third-order valence-corrected chi connectivity index (χ3v) is 6.07. The SMILES string of the molecule is CC(C)C1CN(C=O)C1.CC1CCC(N2CCN(C)CC2)CC1. The number of amides is 1. The molecular weight excluding hydrogens is 286 g/mol. The number of likely N-dealkylation sites (tertiary alicyclic amines) is 1. The lowest BCUT2D eigenvalue weighted by Crippen LogP contribution is -2.49. The Bertz CT molecular complexity index is 319. The van der Waals surface area contributed by atoms with Gasteiger partial charge in [-0.1, -0.05) is 20.8 Å². The average Bonchev–Trinajstić information content (AvgIpc) is 2.48. The maximum absolute atomic E-state index is 10.1. The summed E-state index contributed by atoms with van der Waals surface area (Å²) in [5.74, 6) is 2.48. The standard InChI is InChI=1S/C12H24N2.C7H13NO/c1-11-3-5-12(6-4-11)14-9-7-13(2)8-10-14;1-6(2)7-3-8(4-7)5-9/h11-12H,3-10H2,1-2H3;5-7H,3-4H2,1-2H3. The van der Waals surface area contributed by atoms with E-state index in [4.69, 9.17) is 0 Å². The van der Waals surface area contributed by atoms with E-state index in [9.17, 15) is 4.79 Å². The highest BCUT2D eigenvalue weighted by atomic mass is 16.1. The first kappa shape index (κ1) is 18.7. The van der Waals surface area contributed by atoms with Crippen molar-refractivity contribution >= 4 is 6.41 Å². The minimum Gasteiger partial charge on any atom is -0.345 e. The summed E-state index contributed by atoms with van der Waals surface area (Å²) < 4.78 is 0. The highest BCUT2D eigenvalue weighted by Gasteiger charge is 2.27. The van der Waals surface area contributed by atoms with Crippen molar-refractivity contribution in [3.63, 3.8) is 0 Å². The van der Waals surface area contributed by atoms with Gasteiger partial charge in [0.15, 0.2) is 0 Å². The van der Waals surface area contributed by atoms with Crippen molar-refractivity contribution in [1.29, 1.82) is 0 Å². The lowest BCUT2D eigenvalue weighted by Gasteiger charge is -2.40. The van der Waals surface area contributed by atoms with Crippen molar-refractivity contribution in [2.24, 2.45) is 17.8 Å². The van der Waals surface area contributed by atoms with Crippen LogP contribution in [0.15, 0.2) is 0 Å². The Kier molecular flexibility index (Phi) is 7.35. The number of likely N-dealkylation sites (N-methyl/N-ethyl adjacent to an activating group) is 1. The lowest BCUT2D eigenvalue weighted by atomic mass is 9.86. The van der Waals surface area contributed by atoms with Crippen molar-refractivity contribution in [3.8, 4) is 0 Å². The van der Waals surface area contributed by atoms with E-state index >= 15 is 0 Å². The van der Waals surface area contributed by atoms with Crippen LogP contribution in [0.4, 0.5) is 0 Å². The highest BCUT2D eigenvalue weighted by Crippen LogP contribution is 2.27. The summed E-state index contributed by atoms with van der Waals surface area (Å²) >= 11 is 0. The number of carbonyl (C=O) groups excluding carboxylic acids is 1. The van der Waals surface area contributed by atoms with Crippen molar-refractivity contribution in [3.05, 3.63) is 0 Å². The molecule has 134 valence electrons. The summed E-state index contributed by atoms with van der Waals surface area (Å²) in [5.41, 5.74) is 0. The molecule has 2 aliphatic heterocycles. The summed E-state index contributed by atoms with van der Waals surface area (Å²) in [7, 11) is 2.24. The molecular formula is C19H37N3O. The van der Waals surface area contributed by atoms with Gasteiger partial charge in [0.1, 0.15) is 0 Å². The van der Waals surface area contributed by atoms with Crippen LogP contribution < -0.4 is 0 Å². The largest absolute Gasteiger partial charge is 0.345 e. The fourth-order valence-electron chi connectivity index (χ4n) is 3.85. The van der Waals surface area contributed by atoms with Gasteiger partial charge < -0.3 is 9.80 Å². The minimum atomic E-state index is 0.737. The molecule has 3 rings (SSSR count). The molecule has 1 amide bonds. The molecule has 1 aliphatic carbocycles. The summed E-state index contributed by atoms with van der Waals surface area (Å²) in [5, 5.41) is 0. The summed E-state index contributed by atoms with van der Waals surface area (Å²) in [6, 6.07) is 0.917. The van der Waals surface area contributed by atoms with Crippen molar-refractivity contribution in [2.75, 3.05) is 46.3 Å². The molecule has 0 unspecified atom stereocenters. The van der Waals surface area contributed by atoms with Gasteiger partial charge in [0.25, 0.3) is 0 Å². The molecule has 4 heteroatoms. The first-order chi connectivity index (χ1) is 11.0. The van der Waals surface area contributed by atoms with E-state index in [1.807, 2.05) is 4.90 Å². The van der Waals surface area contributed by atoms with Gasteiger partial charge >= 0.3 is 0 Å². The van der Waals surface area contributed by atoms with Gasteiger partial charge in [0.05, 0.1) is 0 Å². The van der Waals surface area contributed by atoms with Gasteiger partial charge in [-0.3, -0.25) is 9.69 Å². The zero-order valence-corrected chi connectivity index (χ0v) is 15.7. The quantitative estimate of drug-likeness (QED) is 0.747. The monoisotopic (exact) mass is 323 g/mol. The van der Waals surface area contributed by atoms with E-state index in [0.29, 0.717) is 0 Å². The molecule has 4 nitrogen and oxygen atoms in total. The second-order valence-electron chi connectivity index (χ2n) is 8.32. The fourth-order valence-corrected chi connectivity index (χ4v) is 3.85. The van der Waals surface area contributed by atoms with Crippen LogP contribution in [0.5, 0.6) is 0 Å². The van der Waals surface area contributed by atoms with Gasteiger partial charge in [-0.25, -0.2) is 0 Å². The number of hydrogen-bond acceptors (Lipinski definition) is 3. The number of nitrogens with zero attached hydrogens (tertiary/aromatic N) is 3. The van der Waals surface area contributed by atoms with Crippen LogP contribution >= 0.6 is 0 Å². The Morgan fingerprint density at radius 1 is 0.957 bits per heavy atom. The summed E-state index contributed by atoms with van der Waals surface area (Å²) in [6.07, 6.45) is 6.74. The third kappa shape index (κ3) is 5.75. The maximum Gasteiger partial charge on any atom is 0.209 e. The van der Waals surface area contributed by atoms with E-state index < -0.39 is 0 Å². The molecule has 2 heterocycles. The Morgan fingerprint density at radius 3 is 2.00 bits per heavy atom. The van der Waals surface area contributed by atoms with Crippen LogP contribution in [0, 0.1) is 17.8 Å². The van der Waals surface area contributed by atoms with E-state index in [2.05, 4.69) is 37.6 Å². The molecule has 0 spiro atoms. The Balaban J connectivity index is 0.000000185. The number of rotatable bonds is 3. The molecule has 0 radical (unpaired) electrons. The van der Waals surface area contributed by atoms with Crippen LogP contribution in [0.2, 0.25) is 0 Å². The Labute approximate surface area is 143 Å². The van der Waals surface area contributed by atoms with E-state index in [-0.39, 0.29) is 0 Å². The second-order valence-corrected chi connectivity index (χ2v) is 8.32. The molecule has 0 aromatic rings. The lowest BCUT2D eigenvalue weighted by molar-refractivity contribution is -0.124. The molecule has 1 saturated carbocycles. The molecule has 0 N–H and O–H groups in total. The predicted molar refractivity (Wildman–Crippen MR) is 96.5 cm³/mol. The van der Waals surface area contributed by atoms with Crippen molar-refractivity contribution < 1.29 is 4.79 Å². The van der Waals surface area contributed by atoms with Crippen LogP contribution in [0.1, 0.15) is 46.5 Å². The van der Waals surface area contributed by atoms with E-state index in [1.165, 1.54) is 51.9 Å². The van der Waals surface area contributed by atoms with Crippen LogP contribution in [0.25, 0.3) is 0 Å². The number of carbonyl (C=O) groups is 1. The molecule has 0 bridgehead atoms. The van der Waals surface area contributed by atoms with Gasteiger partial charge in [0.2, 0.25) is 6.41 Å². The Hall–Kier alpha value is -0.610. The van der Waals surface area contributed by atoms with Gasteiger partial charge in [-0.15, -0.1) is 0 Å². The maximum atomic E-state index is 10.1.